The summed E-state index contributed by atoms with van der Waals surface area (Å²) in [4.78, 5) is 14.4. The van der Waals surface area contributed by atoms with Crippen LogP contribution in [0.2, 0.25) is 0 Å². The van der Waals surface area contributed by atoms with Crippen molar-refractivity contribution in [3.05, 3.63) is 0 Å². The van der Waals surface area contributed by atoms with E-state index in [1.807, 2.05) is 0 Å². The van der Waals surface area contributed by atoms with Gasteiger partial charge in [-0.15, -0.1) is 0 Å². The van der Waals surface area contributed by atoms with Crippen molar-refractivity contribution in [1.82, 2.24) is 0 Å². The van der Waals surface area contributed by atoms with Crippen LogP contribution in [0.1, 0.15) is 19.8 Å². The zero-order valence-electron chi connectivity index (χ0n) is 7.16. The maximum Gasteiger partial charge on any atom is 0.290 e. The molecule has 0 saturated heterocycles. The van der Waals surface area contributed by atoms with E-state index in [1.165, 1.54) is 19.2 Å². The van der Waals surface area contributed by atoms with Gasteiger partial charge in [-0.2, -0.15) is 16.8 Å². The quantitative estimate of drug-likeness (QED) is 0.612. The van der Waals surface area contributed by atoms with Crippen molar-refractivity contribution < 1.29 is 9.53 Å². The maximum atomic E-state index is 10.9. The van der Waals surface area contributed by atoms with E-state index in [2.05, 4.69) is 11.9 Å². The van der Waals surface area contributed by atoms with E-state index in [4.69, 9.17) is 4.74 Å². The molecule has 0 aromatic carbocycles. The van der Waals surface area contributed by atoms with Crippen molar-refractivity contribution in [3.8, 4) is 0 Å². The number of aliphatic imine (C=N–C) groups is 1. The molecule has 0 aromatic heterocycles. The third-order valence-corrected chi connectivity index (χ3v) is 2.71. The van der Waals surface area contributed by atoms with Crippen LogP contribution in [-0.4, -0.2) is 29.9 Å². The predicted molar refractivity (Wildman–Crippen MR) is 50.6 cm³/mol. The minimum atomic E-state index is -0.313. The van der Waals surface area contributed by atoms with Gasteiger partial charge in [0.1, 0.15) is 0 Å². The van der Waals surface area contributed by atoms with Gasteiger partial charge in [0.15, 0.2) is 12.5 Å². The van der Waals surface area contributed by atoms with Gasteiger partial charge in [0.25, 0.3) is 5.91 Å². The average Bonchev–Trinajstić information content (AvgIpc) is 2.46. The molecule has 0 fully saturated rings. The molecule has 1 rings (SSSR count). The van der Waals surface area contributed by atoms with Crippen LogP contribution in [0, 0.1) is 0 Å². The van der Waals surface area contributed by atoms with Gasteiger partial charge in [0, 0.05) is 5.75 Å². The number of ether oxygens (including phenoxy) is 1. The standard InChI is InChI=1S/C8H13NO2S/c1-2-3-4-12-5-7-8(10)9-6-11-7/h6-7H,2-5H2,1H3. The smallest absolute Gasteiger partial charge is 0.290 e. The van der Waals surface area contributed by atoms with Gasteiger partial charge in [0.2, 0.25) is 0 Å². The van der Waals surface area contributed by atoms with E-state index in [9.17, 15) is 4.79 Å². The number of hydrogen-bond acceptors (Lipinski definition) is 3. The molecular formula is C8H13NO2S. The molecule has 1 heterocycles. The monoisotopic (exact) mass is 187 g/mol. The Labute approximate surface area is 76.6 Å². The fourth-order valence-electron chi connectivity index (χ4n) is 0.845. The third-order valence-electron chi connectivity index (χ3n) is 1.59. The van der Waals surface area contributed by atoms with Gasteiger partial charge in [0.05, 0.1) is 0 Å². The molecule has 3 nitrogen and oxygen atoms in total. The number of unbranched alkanes of at least 4 members (excludes halogenated alkanes) is 1. The first kappa shape index (κ1) is 9.58. The molecule has 0 aromatic rings. The lowest BCUT2D eigenvalue weighted by Crippen LogP contribution is -2.19. The number of amides is 1. The van der Waals surface area contributed by atoms with E-state index in [0.717, 1.165) is 11.5 Å². The Morgan fingerprint density at radius 3 is 3.17 bits per heavy atom. The molecule has 1 amide bonds. The van der Waals surface area contributed by atoms with E-state index in [1.54, 1.807) is 11.8 Å². The van der Waals surface area contributed by atoms with Crippen molar-refractivity contribution in [3.63, 3.8) is 0 Å². The molecule has 0 saturated carbocycles. The average molecular weight is 187 g/mol. The predicted octanol–water partition coefficient (Wildman–Crippen LogP) is 1.47. The van der Waals surface area contributed by atoms with E-state index in [-0.39, 0.29) is 12.0 Å². The zero-order chi connectivity index (χ0) is 8.81. The highest BCUT2D eigenvalue weighted by molar-refractivity contribution is 7.99. The molecule has 0 radical (unpaired) electrons. The Morgan fingerprint density at radius 2 is 2.58 bits per heavy atom. The van der Waals surface area contributed by atoms with Crippen LogP contribution in [0.15, 0.2) is 4.99 Å². The van der Waals surface area contributed by atoms with Gasteiger partial charge in [-0.1, -0.05) is 13.3 Å². The van der Waals surface area contributed by atoms with Crippen molar-refractivity contribution in [2.45, 2.75) is 25.9 Å². The summed E-state index contributed by atoms with van der Waals surface area (Å²) in [6.07, 6.45) is 3.33. The van der Waals surface area contributed by atoms with Crippen LogP contribution in [0.5, 0.6) is 0 Å². The lowest BCUT2D eigenvalue weighted by atomic mass is 10.4. The highest BCUT2D eigenvalue weighted by atomic mass is 32.2. The van der Waals surface area contributed by atoms with Crippen LogP contribution >= 0.6 is 11.8 Å². The molecule has 68 valence electrons. The second-order valence-electron chi connectivity index (χ2n) is 2.63. The summed E-state index contributed by atoms with van der Waals surface area (Å²) in [7, 11) is 0. The van der Waals surface area contributed by atoms with Gasteiger partial charge in [-0.25, -0.2) is 0 Å². The summed E-state index contributed by atoms with van der Waals surface area (Å²) < 4.78 is 4.98. The van der Waals surface area contributed by atoms with Crippen molar-refractivity contribution in [2.75, 3.05) is 11.5 Å². The molecule has 1 aliphatic heterocycles. The zero-order valence-corrected chi connectivity index (χ0v) is 7.97. The summed E-state index contributed by atoms with van der Waals surface area (Å²) in [5, 5.41) is 0. The Hall–Kier alpha value is -0.510. The summed E-state index contributed by atoms with van der Waals surface area (Å²) in [6, 6.07) is 0. The Morgan fingerprint density at radius 1 is 1.75 bits per heavy atom. The number of rotatable bonds is 5. The van der Waals surface area contributed by atoms with Crippen LogP contribution in [0.25, 0.3) is 0 Å². The SMILES string of the molecule is CCCCSCC1OC=NC1=O. The summed E-state index contributed by atoms with van der Waals surface area (Å²) >= 11 is 1.75. The van der Waals surface area contributed by atoms with Gasteiger partial charge >= 0.3 is 0 Å². The Kier molecular flexibility index (Phi) is 4.14. The molecule has 1 aliphatic rings. The fraction of sp³-hybridized carbons (Fsp3) is 0.750. The maximum absolute atomic E-state index is 10.9. The van der Waals surface area contributed by atoms with Crippen LogP contribution < -0.4 is 0 Å². The van der Waals surface area contributed by atoms with Crippen LogP contribution in [0.4, 0.5) is 0 Å². The molecule has 12 heavy (non-hydrogen) atoms. The first-order valence-corrected chi connectivity index (χ1v) is 5.29. The number of carbonyl (C=O) groups excluding carboxylic acids is 1. The van der Waals surface area contributed by atoms with Gasteiger partial charge < -0.3 is 4.74 Å². The minimum absolute atomic E-state index is 0.140. The molecule has 0 aliphatic carbocycles. The number of hydrogen-bond donors (Lipinski definition) is 0. The number of carbonyl (C=O) groups is 1. The first-order valence-electron chi connectivity index (χ1n) is 4.14. The summed E-state index contributed by atoms with van der Waals surface area (Å²) in [5.41, 5.74) is 0. The molecular weight excluding hydrogens is 174 g/mol. The lowest BCUT2D eigenvalue weighted by Gasteiger charge is -2.05. The first-order chi connectivity index (χ1) is 5.84. The highest BCUT2D eigenvalue weighted by Gasteiger charge is 2.22. The topological polar surface area (TPSA) is 38.7 Å². The molecule has 0 bridgehead atoms. The summed E-state index contributed by atoms with van der Waals surface area (Å²) in [5.74, 6) is 1.70. The highest BCUT2D eigenvalue weighted by Crippen LogP contribution is 2.11. The van der Waals surface area contributed by atoms with Gasteiger partial charge in [-0.05, 0) is 12.2 Å². The Balaban J connectivity index is 2.04. The summed E-state index contributed by atoms with van der Waals surface area (Å²) in [6.45, 7) is 2.15. The normalized spacial score (nSPS) is 21.4. The van der Waals surface area contributed by atoms with E-state index in [0.29, 0.717) is 0 Å². The number of nitrogens with zero attached hydrogens (tertiary/aromatic N) is 1. The molecule has 1 atom stereocenters. The third kappa shape index (κ3) is 2.85. The largest absolute Gasteiger partial charge is 0.469 e. The second-order valence-corrected chi connectivity index (χ2v) is 3.78. The van der Waals surface area contributed by atoms with Crippen LogP contribution in [0.3, 0.4) is 0 Å². The van der Waals surface area contributed by atoms with E-state index < -0.39 is 0 Å². The molecule has 0 N–H and O–H groups in total. The molecule has 4 heteroatoms. The lowest BCUT2D eigenvalue weighted by molar-refractivity contribution is -0.121. The van der Waals surface area contributed by atoms with Crippen molar-refractivity contribution >= 4 is 24.1 Å². The second kappa shape index (κ2) is 5.19. The van der Waals surface area contributed by atoms with Gasteiger partial charge in [-0.3, -0.25) is 4.79 Å². The Bertz CT molecular complexity index is 182. The minimum Gasteiger partial charge on any atom is -0.469 e. The molecule has 1 unspecified atom stereocenters. The number of thioether (sulfide) groups is 1. The molecule has 0 spiro atoms. The van der Waals surface area contributed by atoms with Crippen LogP contribution in [-0.2, 0) is 9.53 Å². The van der Waals surface area contributed by atoms with E-state index >= 15 is 0 Å². The fourth-order valence-corrected chi connectivity index (χ4v) is 1.94. The van der Waals surface area contributed by atoms with Crippen molar-refractivity contribution in [1.29, 1.82) is 0 Å². The van der Waals surface area contributed by atoms with Crippen molar-refractivity contribution in [2.24, 2.45) is 4.99 Å².